The molecule has 20 heavy (non-hydrogen) atoms. The third-order valence-corrected chi connectivity index (χ3v) is 4.06. The van der Waals surface area contributed by atoms with E-state index in [0.29, 0.717) is 11.3 Å². The number of hydrogen-bond acceptors (Lipinski definition) is 5. The molecule has 0 amide bonds. The van der Waals surface area contributed by atoms with Crippen LogP contribution in [0.3, 0.4) is 0 Å². The lowest BCUT2D eigenvalue weighted by Gasteiger charge is -2.11. The maximum Gasteiger partial charge on any atom is 0.279 e. The molecule has 0 aliphatic rings. The summed E-state index contributed by atoms with van der Waals surface area (Å²) >= 11 is 0. The fraction of sp³-hybridized carbons (Fsp3) is 0.250. The van der Waals surface area contributed by atoms with Gasteiger partial charge in [0, 0.05) is 18.2 Å². The van der Waals surface area contributed by atoms with E-state index in [9.17, 15) is 8.42 Å². The number of aromatic nitrogens is 2. The van der Waals surface area contributed by atoms with Gasteiger partial charge in [0.25, 0.3) is 10.0 Å². The fourth-order valence-electron chi connectivity index (χ4n) is 1.74. The van der Waals surface area contributed by atoms with Crippen LogP contribution in [0.25, 0.3) is 0 Å². The monoisotopic (exact) mass is 297 g/mol. The Kier molecular flexibility index (Phi) is 4.38. The maximum absolute atomic E-state index is 12.3. The molecule has 0 bridgehead atoms. The van der Waals surface area contributed by atoms with E-state index in [-0.39, 0.29) is 17.2 Å². The molecule has 0 fully saturated rings. The summed E-state index contributed by atoms with van der Waals surface area (Å²) in [7, 11) is -2.31. The molecule has 0 atom stereocenters. The van der Waals surface area contributed by atoms with Crippen molar-refractivity contribution < 1.29 is 18.3 Å². The van der Waals surface area contributed by atoms with Crippen LogP contribution >= 0.6 is 0 Å². The van der Waals surface area contributed by atoms with E-state index in [1.165, 1.54) is 13.3 Å². The SMILES string of the molecule is COCc1ccccc1NS(=O)(=O)c1[nH]ncc1CO. The number of benzene rings is 1. The Morgan fingerprint density at radius 1 is 1.35 bits per heavy atom. The zero-order valence-corrected chi connectivity index (χ0v) is 11.6. The van der Waals surface area contributed by atoms with Crippen LogP contribution in [0.4, 0.5) is 5.69 Å². The van der Waals surface area contributed by atoms with Crippen LogP contribution in [-0.2, 0) is 28.0 Å². The molecular formula is C12H15N3O4S. The molecule has 108 valence electrons. The molecule has 8 heteroatoms. The molecule has 7 nitrogen and oxygen atoms in total. The Bertz CT molecular complexity index is 682. The average molecular weight is 297 g/mol. The maximum atomic E-state index is 12.3. The van der Waals surface area contributed by atoms with E-state index in [1.807, 2.05) is 0 Å². The highest BCUT2D eigenvalue weighted by molar-refractivity contribution is 7.92. The smallest absolute Gasteiger partial charge is 0.279 e. The van der Waals surface area contributed by atoms with Gasteiger partial charge in [-0.15, -0.1) is 0 Å². The number of aromatic amines is 1. The number of aliphatic hydroxyl groups is 1. The summed E-state index contributed by atoms with van der Waals surface area (Å²) in [5, 5.41) is 15.0. The van der Waals surface area contributed by atoms with E-state index in [2.05, 4.69) is 14.9 Å². The second-order valence-corrected chi connectivity index (χ2v) is 5.70. The first-order chi connectivity index (χ1) is 9.58. The first-order valence-corrected chi connectivity index (χ1v) is 7.29. The van der Waals surface area contributed by atoms with Crippen LogP contribution in [0.15, 0.2) is 35.5 Å². The molecule has 1 aromatic carbocycles. The third kappa shape index (κ3) is 2.98. The van der Waals surface area contributed by atoms with Gasteiger partial charge in [0.15, 0.2) is 5.03 Å². The lowest BCUT2D eigenvalue weighted by Crippen LogP contribution is -2.16. The Morgan fingerprint density at radius 3 is 2.80 bits per heavy atom. The highest BCUT2D eigenvalue weighted by atomic mass is 32.2. The van der Waals surface area contributed by atoms with Crippen LogP contribution in [0.1, 0.15) is 11.1 Å². The summed E-state index contributed by atoms with van der Waals surface area (Å²) in [4.78, 5) is 0. The average Bonchev–Trinajstić information content (AvgIpc) is 2.90. The van der Waals surface area contributed by atoms with E-state index in [0.717, 1.165) is 0 Å². The Balaban J connectivity index is 2.34. The second-order valence-electron chi connectivity index (χ2n) is 4.08. The molecule has 0 saturated carbocycles. The lowest BCUT2D eigenvalue weighted by molar-refractivity contribution is 0.185. The zero-order valence-electron chi connectivity index (χ0n) is 10.8. The van der Waals surface area contributed by atoms with Crippen molar-refractivity contribution in [3.05, 3.63) is 41.6 Å². The van der Waals surface area contributed by atoms with Crippen molar-refractivity contribution in [2.24, 2.45) is 0 Å². The number of anilines is 1. The third-order valence-electron chi connectivity index (χ3n) is 2.68. The van der Waals surface area contributed by atoms with Crippen LogP contribution in [0, 0.1) is 0 Å². The highest BCUT2D eigenvalue weighted by Crippen LogP contribution is 2.21. The quantitative estimate of drug-likeness (QED) is 0.733. The van der Waals surface area contributed by atoms with Crippen molar-refractivity contribution in [3.63, 3.8) is 0 Å². The summed E-state index contributed by atoms with van der Waals surface area (Å²) in [5.41, 5.74) is 1.35. The minimum atomic E-state index is -3.84. The number of rotatable bonds is 6. The first-order valence-electron chi connectivity index (χ1n) is 5.81. The number of ether oxygens (including phenoxy) is 1. The molecule has 0 unspecified atom stereocenters. The number of H-pyrrole nitrogens is 1. The number of methoxy groups -OCH3 is 1. The Morgan fingerprint density at radius 2 is 2.10 bits per heavy atom. The van der Waals surface area contributed by atoms with E-state index in [4.69, 9.17) is 9.84 Å². The summed E-state index contributed by atoms with van der Waals surface area (Å²) in [5.74, 6) is 0. The van der Waals surface area contributed by atoms with Gasteiger partial charge in [-0.1, -0.05) is 18.2 Å². The largest absolute Gasteiger partial charge is 0.392 e. The van der Waals surface area contributed by atoms with Gasteiger partial charge in [-0.3, -0.25) is 9.82 Å². The molecule has 0 radical (unpaired) electrons. The predicted octanol–water partition coefficient (Wildman–Crippen LogP) is 0.849. The van der Waals surface area contributed by atoms with Crippen molar-refractivity contribution in [3.8, 4) is 0 Å². The predicted molar refractivity (Wildman–Crippen MR) is 72.5 cm³/mol. The minimum absolute atomic E-state index is 0.146. The van der Waals surface area contributed by atoms with Gasteiger partial charge in [0.05, 0.1) is 25.1 Å². The van der Waals surface area contributed by atoms with Gasteiger partial charge in [-0.2, -0.15) is 13.5 Å². The first kappa shape index (κ1) is 14.5. The summed E-state index contributed by atoms with van der Waals surface area (Å²) in [6.07, 6.45) is 1.27. The molecule has 0 aliphatic heterocycles. The number of sulfonamides is 1. The van der Waals surface area contributed by atoms with Gasteiger partial charge < -0.3 is 9.84 Å². The van der Waals surface area contributed by atoms with Crippen LogP contribution < -0.4 is 4.72 Å². The number of nitrogens with one attached hydrogen (secondary N) is 2. The molecule has 0 spiro atoms. The normalized spacial score (nSPS) is 11.5. The lowest BCUT2D eigenvalue weighted by atomic mass is 10.2. The Hall–Kier alpha value is -1.90. The topological polar surface area (TPSA) is 104 Å². The fourth-order valence-corrected chi connectivity index (χ4v) is 2.97. The molecule has 0 aliphatic carbocycles. The molecule has 1 heterocycles. The van der Waals surface area contributed by atoms with Crippen LogP contribution in [0.5, 0.6) is 0 Å². The number of aliphatic hydroxyl groups excluding tert-OH is 1. The zero-order chi connectivity index (χ0) is 14.6. The van der Waals surface area contributed by atoms with Gasteiger partial charge in [-0.05, 0) is 6.07 Å². The number of para-hydroxylation sites is 1. The standard InChI is InChI=1S/C12H15N3O4S/c1-19-8-9-4-2-3-5-11(9)15-20(17,18)12-10(7-16)6-13-14-12/h2-6,15-16H,7-8H2,1H3,(H,13,14). The van der Waals surface area contributed by atoms with Crippen molar-refractivity contribution in [1.29, 1.82) is 0 Å². The van der Waals surface area contributed by atoms with Crippen molar-refractivity contribution >= 4 is 15.7 Å². The van der Waals surface area contributed by atoms with Crippen molar-refractivity contribution in [1.82, 2.24) is 10.2 Å². The van der Waals surface area contributed by atoms with Gasteiger partial charge in [-0.25, -0.2) is 0 Å². The van der Waals surface area contributed by atoms with Crippen LogP contribution in [0.2, 0.25) is 0 Å². The van der Waals surface area contributed by atoms with E-state index >= 15 is 0 Å². The molecule has 2 aromatic rings. The van der Waals surface area contributed by atoms with E-state index < -0.39 is 16.6 Å². The molecule has 2 rings (SSSR count). The number of hydrogen-bond donors (Lipinski definition) is 3. The van der Waals surface area contributed by atoms with Gasteiger partial charge >= 0.3 is 0 Å². The number of nitrogens with zero attached hydrogens (tertiary/aromatic N) is 1. The molecule has 1 aromatic heterocycles. The second kappa shape index (κ2) is 6.04. The molecule has 3 N–H and O–H groups in total. The summed E-state index contributed by atoms with van der Waals surface area (Å²) in [6, 6.07) is 6.92. The van der Waals surface area contributed by atoms with E-state index in [1.54, 1.807) is 24.3 Å². The summed E-state index contributed by atoms with van der Waals surface area (Å²) in [6.45, 7) is -0.124. The molecule has 0 saturated heterocycles. The Labute approximate surface area is 116 Å². The molecular weight excluding hydrogens is 282 g/mol. The van der Waals surface area contributed by atoms with Crippen LogP contribution in [-0.4, -0.2) is 30.8 Å². The van der Waals surface area contributed by atoms with Crippen molar-refractivity contribution in [2.45, 2.75) is 18.2 Å². The minimum Gasteiger partial charge on any atom is -0.392 e. The van der Waals surface area contributed by atoms with Gasteiger partial charge in [0.2, 0.25) is 0 Å². The van der Waals surface area contributed by atoms with Crippen molar-refractivity contribution in [2.75, 3.05) is 11.8 Å². The summed E-state index contributed by atoms with van der Waals surface area (Å²) < 4.78 is 32.0. The van der Waals surface area contributed by atoms with Gasteiger partial charge in [0.1, 0.15) is 0 Å². The highest BCUT2D eigenvalue weighted by Gasteiger charge is 2.21.